The zero-order chi connectivity index (χ0) is 12.7. The molecule has 0 bridgehead atoms. The molecule has 92 valence electrons. The Kier molecular flexibility index (Phi) is 4.84. The van der Waals surface area contributed by atoms with Gasteiger partial charge in [0.1, 0.15) is 6.61 Å². The molecule has 3 nitrogen and oxygen atoms in total. The van der Waals surface area contributed by atoms with Gasteiger partial charge in [-0.3, -0.25) is 0 Å². The summed E-state index contributed by atoms with van der Waals surface area (Å²) in [6.07, 6.45) is 1.28. The monoisotopic (exact) mass is 238 g/mol. The van der Waals surface area contributed by atoms with E-state index in [2.05, 4.69) is 6.58 Å². The molecule has 1 aromatic rings. The molecule has 0 aliphatic rings. The zero-order valence-electron chi connectivity index (χ0n) is 9.43. The van der Waals surface area contributed by atoms with Crippen LogP contribution in [0.25, 0.3) is 0 Å². The maximum absolute atomic E-state index is 13.8. The molecule has 1 atom stereocenters. The van der Waals surface area contributed by atoms with Crippen molar-refractivity contribution in [2.24, 2.45) is 0 Å². The van der Waals surface area contributed by atoms with Gasteiger partial charge >= 0.3 is 5.97 Å². The number of carbonyl (C=O) groups excluding carboxylic acids is 1. The van der Waals surface area contributed by atoms with Gasteiger partial charge in [-0.2, -0.15) is 0 Å². The highest BCUT2D eigenvalue weighted by molar-refractivity contribution is 5.89. The fourth-order valence-corrected chi connectivity index (χ4v) is 1.28. The number of aliphatic hydroxyl groups is 1. The van der Waals surface area contributed by atoms with Crippen LogP contribution < -0.4 is 0 Å². The van der Waals surface area contributed by atoms with E-state index in [-0.39, 0.29) is 6.42 Å². The Hall–Kier alpha value is -1.68. The molecule has 0 aliphatic carbocycles. The van der Waals surface area contributed by atoms with Crippen molar-refractivity contribution in [1.29, 1.82) is 0 Å². The van der Waals surface area contributed by atoms with Crippen molar-refractivity contribution in [2.75, 3.05) is 13.2 Å². The number of esters is 1. The smallest absolute Gasteiger partial charge is 0.338 e. The van der Waals surface area contributed by atoms with Gasteiger partial charge in [-0.05, 0) is 12.1 Å². The maximum atomic E-state index is 13.8. The van der Waals surface area contributed by atoms with Gasteiger partial charge in [-0.1, -0.05) is 24.3 Å². The third-order valence-electron chi connectivity index (χ3n) is 2.26. The zero-order valence-corrected chi connectivity index (χ0v) is 9.43. The second-order valence-corrected chi connectivity index (χ2v) is 3.74. The summed E-state index contributed by atoms with van der Waals surface area (Å²) in [5.74, 6) is -0.606. The van der Waals surface area contributed by atoms with E-state index in [1.165, 1.54) is 6.08 Å². The van der Waals surface area contributed by atoms with Crippen LogP contribution >= 0.6 is 0 Å². The summed E-state index contributed by atoms with van der Waals surface area (Å²) in [6, 6.07) is 8.30. The second-order valence-electron chi connectivity index (χ2n) is 3.74. The van der Waals surface area contributed by atoms with Crippen molar-refractivity contribution in [3.8, 4) is 0 Å². The first-order chi connectivity index (χ1) is 8.11. The van der Waals surface area contributed by atoms with E-state index >= 15 is 0 Å². The lowest BCUT2D eigenvalue weighted by Crippen LogP contribution is -2.34. The van der Waals surface area contributed by atoms with Crippen molar-refractivity contribution in [1.82, 2.24) is 0 Å². The van der Waals surface area contributed by atoms with E-state index in [4.69, 9.17) is 9.84 Å². The summed E-state index contributed by atoms with van der Waals surface area (Å²) in [7, 11) is 0. The topological polar surface area (TPSA) is 46.5 Å². The molecule has 17 heavy (non-hydrogen) atoms. The number of benzene rings is 1. The second kappa shape index (κ2) is 6.15. The Bertz CT molecular complexity index is 378. The summed E-state index contributed by atoms with van der Waals surface area (Å²) in [4.78, 5) is 11.5. The lowest BCUT2D eigenvalue weighted by atomic mass is 10.0. The highest BCUT2D eigenvalue weighted by Gasteiger charge is 2.29. The number of aliphatic hydroxyl groups excluding tert-OH is 1. The maximum Gasteiger partial charge on any atom is 0.338 e. The van der Waals surface area contributed by atoms with Gasteiger partial charge in [0.25, 0.3) is 0 Å². The minimum atomic E-state index is -1.95. The van der Waals surface area contributed by atoms with Crippen LogP contribution in [0.2, 0.25) is 0 Å². The molecule has 0 spiro atoms. The van der Waals surface area contributed by atoms with Crippen LogP contribution in [0.5, 0.6) is 0 Å². The van der Waals surface area contributed by atoms with Gasteiger partial charge in [0.2, 0.25) is 0 Å². The highest BCUT2D eigenvalue weighted by Crippen LogP contribution is 2.17. The number of carbonyl (C=O) groups is 1. The standard InChI is InChI=1S/C13H15FO3/c1-2-8-13(14,9-15)10-17-12(16)11-6-4-3-5-7-11/h2-7,15H,1,8-10H2. The van der Waals surface area contributed by atoms with Crippen molar-refractivity contribution < 1.29 is 19.0 Å². The number of alkyl halides is 1. The van der Waals surface area contributed by atoms with E-state index < -0.39 is 24.9 Å². The molecule has 0 fully saturated rings. The number of hydrogen-bond donors (Lipinski definition) is 1. The molecule has 0 saturated heterocycles. The molecule has 1 unspecified atom stereocenters. The van der Waals surface area contributed by atoms with Crippen molar-refractivity contribution in [2.45, 2.75) is 12.1 Å². The number of ether oxygens (including phenoxy) is 1. The SMILES string of the molecule is C=CCC(F)(CO)COC(=O)c1ccccc1. The predicted molar refractivity (Wildman–Crippen MR) is 62.5 cm³/mol. The first-order valence-corrected chi connectivity index (χ1v) is 5.24. The van der Waals surface area contributed by atoms with E-state index in [0.29, 0.717) is 5.56 Å². The third kappa shape index (κ3) is 4.00. The molecule has 4 heteroatoms. The van der Waals surface area contributed by atoms with Gasteiger partial charge in [0.15, 0.2) is 5.67 Å². The van der Waals surface area contributed by atoms with Crippen LogP contribution in [0.1, 0.15) is 16.8 Å². The Morgan fingerprint density at radius 1 is 1.47 bits per heavy atom. The number of rotatable bonds is 6. The van der Waals surface area contributed by atoms with Crippen LogP contribution in [0.3, 0.4) is 0 Å². The molecule has 1 aromatic carbocycles. The fraction of sp³-hybridized carbons (Fsp3) is 0.308. The average molecular weight is 238 g/mol. The summed E-state index contributed by atoms with van der Waals surface area (Å²) in [5.41, 5.74) is -1.60. The van der Waals surface area contributed by atoms with Gasteiger partial charge in [0.05, 0.1) is 12.2 Å². The molecule has 0 amide bonds. The summed E-state index contributed by atoms with van der Waals surface area (Å²) in [6.45, 7) is 2.20. The molecule has 0 aliphatic heterocycles. The lowest BCUT2D eigenvalue weighted by Gasteiger charge is -2.20. The van der Waals surface area contributed by atoms with Crippen LogP contribution in [0, 0.1) is 0 Å². The van der Waals surface area contributed by atoms with Crippen molar-refractivity contribution in [3.63, 3.8) is 0 Å². The van der Waals surface area contributed by atoms with E-state index in [1.807, 2.05) is 0 Å². The Morgan fingerprint density at radius 2 is 2.12 bits per heavy atom. The molecular formula is C13H15FO3. The molecule has 0 aromatic heterocycles. The van der Waals surface area contributed by atoms with Crippen molar-refractivity contribution in [3.05, 3.63) is 48.6 Å². The van der Waals surface area contributed by atoms with Crippen molar-refractivity contribution >= 4 is 5.97 Å². The average Bonchev–Trinajstić information content (AvgIpc) is 2.37. The minimum Gasteiger partial charge on any atom is -0.459 e. The fourth-order valence-electron chi connectivity index (χ4n) is 1.28. The summed E-state index contributed by atoms with van der Waals surface area (Å²) in [5, 5.41) is 8.89. The van der Waals surface area contributed by atoms with Crippen LogP contribution in [0.15, 0.2) is 43.0 Å². The van der Waals surface area contributed by atoms with E-state index in [1.54, 1.807) is 30.3 Å². The molecule has 0 saturated carbocycles. The first-order valence-electron chi connectivity index (χ1n) is 5.24. The Balaban J connectivity index is 2.56. The molecular weight excluding hydrogens is 223 g/mol. The normalized spacial score (nSPS) is 13.8. The van der Waals surface area contributed by atoms with Gasteiger partial charge < -0.3 is 9.84 Å². The predicted octanol–water partition coefficient (Wildman–Crippen LogP) is 2.12. The van der Waals surface area contributed by atoms with Gasteiger partial charge in [0, 0.05) is 6.42 Å². The number of allylic oxidation sites excluding steroid dienone is 1. The molecule has 1 rings (SSSR count). The first kappa shape index (κ1) is 13.4. The number of hydrogen-bond acceptors (Lipinski definition) is 3. The lowest BCUT2D eigenvalue weighted by molar-refractivity contribution is -0.00818. The van der Waals surface area contributed by atoms with Crippen LogP contribution in [0.4, 0.5) is 4.39 Å². The van der Waals surface area contributed by atoms with Gasteiger partial charge in [-0.15, -0.1) is 6.58 Å². The van der Waals surface area contributed by atoms with Crippen LogP contribution in [-0.4, -0.2) is 30.0 Å². The minimum absolute atomic E-state index is 0.0639. The van der Waals surface area contributed by atoms with Crippen LogP contribution in [-0.2, 0) is 4.74 Å². The Morgan fingerprint density at radius 3 is 2.65 bits per heavy atom. The molecule has 0 radical (unpaired) electrons. The largest absolute Gasteiger partial charge is 0.459 e. The van der Waals surface area contributed by atoms with E-state index in [9.17, 15) is 9.18 Å². The quantitative estimate of drug-likeness (QED) is 0.610. The summed E-state index contributed by atoms with van der Waals surface area (Å²) >= 11 is 0. The molecule has 1 N–H and O–H groups in total. The summed E-state index contributed by atoms with van der Waals surface area (Å²) < 4.78 is 18.6. The third-order valence-corrected chi connectivity index (χ3v) is 2.26. The molecule has 0 heterocycles. The van der Waals surface area contributed by atoms with Gasteiger partial charge in [-0.25, -0.2) is 9.18 Å². The highest BCUT2D eigenvalue weighted by atomic mass is 19.1. The van der Waals surface area contributed by atoms with E-state index in [0.717, 1.165) is 0 Å². The number of halogens is 1. The Labute approximate surface area is 99.5 Å².